The number of hydrogen-bond acceptors (Lipinski definition) is 10. The van der Waals surface area contributed by atoms with Crippen molar-refractivity contribution in [2.45, 2.75) is 31.5 Å². The van der Waals surface area contributed by atoms with E-state index in [0.717, 1.165) is 0 Å². The number of fused-ring (bicyclic) bond motifs is 1. The topological polar surface area (TPSA) is 177 Å². The summed E-state index contributed by atoms with van der Waals surface area (Å²) < 4.78 is 26.3. The fourth-order valence-corrected chi connectivity index (χ4v) is 2.98. The van der Waals surface area contributed by atoms with Gasteiger partial charge in [-0.15, -0.1) is 0 Å². The van der Waals surface area contributed by atoms with E-state index in [1.165, 1.54) is 19.2 Å². The molecule has 0 bridgehead atoms. The number of carbonyl (C=O) groups excluding carboxylic acids is 1. The van der Waals surface area contributed by atoms with E-state index in [-0.39, 0.29) is 23.3 Å². The molecule has 28 heavy (non-hydrogen) atoms. The SMILES string of the molecule is CO[C@H]1CO[C@@H](Oc2ccc3c(O)c(N)c(=O)oc3c2C)[C@H](O)[C@@H]1OC(N)=O. The lowest BCUT2D eigenvalue weighted by molar-refractivity contribution is -0.245. The summed E-state index contributed by atoms with van der Waals surface area (Å²) in [5.41, 5.74) is 9.66. The van der Waals surface area contributed by atoms with Crippen LogP contribution in [0.25, 0.3) is 11.0 Å². The predicted molar refractivity (Wildman–Crippen MR) is 94.9 cm³/mol. The minimum Gasteiger partial charge on any atom is -0.505 e. The molecule has 6 N–H and O–H groups in total. The molecule has 1 aromatic carbocycles. The molecular weight excluding hydrogens is 376 g/mol. The van der Waals surface area contributed by atoms with Gasteiger partial charge in [0, 0.05) is 12.7 Å². The van der Waals surface area contributed by atoms with Crippen LogP contribution < -0.4 is 21.8 Å². The highest BCUT2D eigenvalue weighted by Gasteiger charge is 2.43. The molecule has 4 atom stereocenters. The summed E-state index contributed by atoms with van der Waals surface area (Å²) in [5, 5.41) is 20.7. The fraction of sp³-hybridized carbons (Fsp3) is 0.412. The molecule has 2 heterocycles. The molecule has 1 saturated heterocycles. The van der Waals surface area contributed by atoms with E-state index < -0.39 is 47.8 Å². The molecule has 0 spiro atoms. The van der Waals surface area contributed by atoms with Crippen molar-refractivity contribution in [2.24, 2.45) is 5.73 Å². The van der Waals surface area contributed by atoms with Gasteiger partial charge in [0.1, 0.15) is 17.4 Å². The number of ether oxygens (including phenoxy) is 4. The highest BCUT2D eigenvalue weighted by atomic mass is 16.7. The maximum Gasteiger partial charge on any atom is 0.404 e. The van der Waals surface area contributed by atoms with E-state index in [1.807, 2.05) is 0 Å². The van der Waals surface area contributed by atoms with Crippen molar-refractivity contribution in [3.8, 4) is 11.5 Å². The van der Waals surface area contributed by atoms with Gasteiger partial charge in [-0.2, -0.15) is 0 Å². The third kappa shape index (κ3) is 3.42. The third-order valence-electron chi connectivity index (χ3n) is 4.49. The standard InChI is InChI=1S/C17H20N2O9/c1-6-8(4-3-7-11(20)10(18)15(22)27-13(6)7)26-16-12(21)14(28-17(19)23)9(24-2)5-25-16/h3-4,9,12,14,16,20-21H,5,18H2,1-2H3,(H2,19,23)/t9-,12+,14+,16-/m0/s1. The molecule has 11 nitrogen and oxygen atoms in total. The Morgan fingerprint density at radius 1 is 1.36 bits per heavy atom. The van der Waals surface area contributed by atoms with E-state index >= 15 is 0 Å². The highest BCUT2D eigenvalue weighted by molar-refractivity contribution is 5.90. The monoisotopic (exact) mass is 396 g/mol. The van der Waals surface area contributed by atoms with Gasteiger partial charge < -0.3 is 45.0 Å². The van der Waals surface area contributed by atoms with Crippen LogP contribution in [-0.2, 0) is 14.2 Å². The number of methoxy groups -OCH3 is 1. The molecular formula is C17H20N2O9. The highest BCUT2D eigenvalue weighted by Crippen LogP contribution is 2.35. The first-order valence-corrected chi connectivity index (χ1v) is 8.24. The Labute approximate surface area is 158 Å². The Morgan fingerprint density at radius 2 is 2.07 bits per heavy atom. The number of nitrogens with two attached hydrogens (primary N) is 2. The number of anilines is 1. The molecule has 0 radical (unpaired) electrons. The van der Waals surface area contributed by atoms with Crippen LogP contribution in [0.5, 0.6) is 11.5 Å². The van der Waals surface area contributed by atoms with Gasteiger partial charge in [-0.1, -0.05) is 0 Å². The van der Waals surface area contributed by atoms with Crippen LogP contribution in [-0.4, -0.2) is 54.6 Å². The van der Waals surface area contributed by atoms with Crippen molar-refractivity contribution >= 4 is 22.7 Å². The lowest BCUT2D eigenvalue weighted by Gasteiger charge is -2.38. The number of nitrogen functional groups attached to an aromatic ring is 1. The van der Waals surface area contributed by atoms with Gasteiger partial charge >= 0.3 is 11.7 Å². The number of primary amides is 1. The number of amides is 1. The van der Waals surface area contributed by atoms with Crippen molar-refractivity contribution < 1.29 is 38.4 Å². The Balaban J connectivity index is 1.92. The summed E-state index contributed by atoms with van der Waals surface area (Å²) in [4.78, 5) is 22.9. The Hall–Kier alpha value is -3.02. The van der Waals surface area contributed by atoms with E-state index in [4.69, 9.17) is 34.8 Å². The second-order valence-corrected chi connectivity index (χ2v) is 6.20. The van der Waals surface area contributed by atoms with E-state index in [1.54, 1.807) is 6.92 Å². The normalized spacial score (nSPS) is 24.8. The number of rotatable bonds is 4. The van der Waals surface area contributed by atoms with Crippen molar-refractivity contribution in [1.29, 1.82) is 0 Å². The van der Waals surface area contributed by atoms with Crippen LogP contribution in [0.1, 0.15) is 5.56 Å². The largest absolute Gasteiger partial charge is 0.505 e. The van der Waals surface area contributed by atoms with Crippen molar-refractivity contribution in [1.82, 2.24) is 0 Å². The first-order valence-electron chi connectivity index (χ1n) is 8.24. The average Bonchev–Trinajstić information content (AvgIpc) is 2.65. The van der Waals surface area contributed by atoms with Crippen molar-refractivity contribution in [3.05, 3.63) is 28.1 Å². The number of aryl methyl sites for hydroxylation is 1. The summed E-state index contributed by atoms with van der Waals surface area (Å²) in [6.07, 6.45) is -5.56. The number of carbonyl (C=O) groups is 1. The van der Waals surface area contributed by atoms with Gasteiger partial charge in [-0.3, -0.25) is 0 Å². The average molecular weight is 396 g/mol. The Bertz CT molecular complexity index is 958. The molecule has 1 amide bonds. The number of aliphatic hydroxyl groups excluding tert-OH is 1. The molecule has 1 aliphatic heterocycles. The summed E-state index contributed by atoms with van der Waals surface area (Å²) in [6, 6.07) is 2.93. The molecule has 11 heteroatoms. The van der Waals surface area contributed by atoms with Crippen LogP contribution in [0, 0.1) is 6.92 Å². The van der Waals surface area contributed by atoms with Crippen LogP contribution in [0.2, 0.25) is 0 Å². The summed E-state index contributed by atoms with van der Waals surface area (Å²) in [6.45, 7) is 1.55. The summed E-state index contributed by atoms with van der Waals surface area (Å²) in [5.74, 6) is -0.190. The Kier molecular flexibility index (Phi) is 5.31. The van der Waals surface area contributed by atoms with Gasteiger partial charge in [-0.05, 0) is 19.1 Å². The van der Waals surface area contributed by atoms with E-state index in [2.05, 4.69) is 0 Å². The molecule has 0 aliphatic carbocycles. The number of aromatic hydroxyl groups is 1. The minimum atomic E-state index is -1.41. The summed E-state index contributed by atoms with van der Waals surface area (Å²) >= 11 is 0. The lowest BCUT2D eigenvalue weighted by Crippen LogP contribution is -2.57. The molecule has 1 fully saturated rings. The van der Waals surface area contributed by atoms with Crippen LogP contribution in [0.4, 0.5) is 10.5 Å². The van der Waals surface area contributed by atoms with E-state index in [0.29, 0.717) is 5.56 Å². The van der Waals surface area contributed by atoms with Crippen LogP contribution >= 0.6 is 0 Å². The van der Waals surface area contributed by atoms with Gasteiger partial charge in [0.25, 0.3) is 0 Å². The zero-order chi connectivity index (χ0) is 20.6. The Morgan fingerprint density at radius 3 is 2.71 bits per heavy atom. The zero-order valence-electron chi connectivity index (χ0n) is 15.1. The predicted octanol–water partition coefficient (Wildman–Crippen LogP) is -0.0359. The maximum absolute atomic E-state index is 11.7. The van der Waals surface area contributed by atoms with Crippen LogP contribution in [0.15, 0.2) is 21.3 Å². The molecule has 152 valence electrons. The maximum atomic E-state index is 11.7. The number of aliphatic hydroxyl groups is 1. The molecule has 2 aromatic rings. The summed E-state index contributed by atoms with van der Waals surface area (Å²) in [7, 11) is 1.37. The lowest BCUT2D eigenvalue weighted by atomic mass is 10.0. The second kappa shape index (κ2) is 7.54. The molecule has 1 aromatic heterocycles. The van der Waals surface area contributed by atoms with Gasteiger partial charge in [0.15, 0.2) is 23.6 Å². The molecule has 0 unspecified atom stereocenters. The van der Waals surface area contributed by atoms with Gasteiger partial charge in [0.2, 0.25) is 6.29 Å². The van der Waals surface area contributed by atoms with E-state index in [9.17, 15) is 19.8 Å². The zero-order valence-corrected chi connectivity index (χ0v) is 15.1. The van der Waals surface area contributed by atoms with Gasteiger partial charge in [0.05, 0.1) is 12.0 Å². The molecule has 0 saturated carbocycles. The smallest absolute Gasteiger partial charge is 0.404 e. The number of benzene rings is 1. The number of hydrogen-bond donors (Lipinski definition) is 4. The molecule has 3 rings (SSSR count). The van der Waals surface area contributed by atoms with Crippen molar-refractivity contribution in [2.75, 3.05) is 19.5 Å². The second-order valence-electron chi connectivity index (χ2n) is 6.20. The quantitative estimate of drug-likeness (QED) is 0.513. The molecule has 1 aliphatic rings. The minimum absolute atomic E-state index is 0.0325. The van der Waals surface area contributed by atoms with Crippen molar-refractivity contribution in [3.63, 3.8) is 0 Å². The third-order valence-corrected chi connectivity index (χ3v) is 4.49. The van der Waals surface area contributed by atoms with Gasteiger partial charge in [-0.25, -0.2) is 9.59 Å². The first-order chi connectivity index (χ1) is 13.2. The fourth-order valence-electron chi connectivity index (χ4n) is 2.98. The van der Waals surface area contributed by atoms with Crippen LogP contribution in [0.3, 0.4) is 0 Å². The first kappa shape index (κ1) is 19.7.